The van der Waals surface area contributed by atoms with Crippen LogP contribution in [0.3, 0.4) is 0 Å². The highest BCUT2D eigenvalue weighted by Crippen LogP contribution is 2.44. The first-order valence-corrected chi connectivity index (χ1v) is 11.7. The standard InChI is InChI=1S/C26H30N2O6/c29-23(30)10-5-13-27-24(31)26(11-14-33-15-12-26)17-28-25(32)34-16-22-20-8-3-1-6-18(20)19-7-2-4-9-21(19)22/h1-4,6-9,22H,5,10-17H2,(H,27,31)(H,28,32)(H,29,30). The highest BCUT2D eigenvalue weighted by molar-refractivity contribution is 5.84. The van der Waals surface area contributed by atoms with Gasteiger partial charge < -0.3 is 25.2 Å². The number of aliphatic carboxylic acids is 1. The first-order valence-electron chi connectivity index (χ1n) is 11.7. The molecule has 1 heterocycles. The van der Waals surface area contributed by atoms with E-state index in [1.165, 1.54) is 0 Å². The monoisotopic (exact) mass is 466 g/mol. The number of hydrogen-bond acceptors (Lipinski definition) is 5. The average molecular weight is 467 g/mol. The summed E-state index contributed by atoms with van der Waals surface area (Å²) in [6.45, 7) is 1.47. The van der Waals surface area contributed by atoms with Crippen LogP contribution in [0.1, 0.15) is 42.7 Å². The van der Waals surface area contributed by atoms with E-state index in [9.17, 15) is 14.4 Å². The maximum atomic E-state index is 12.9. The predicted molar refractivity (Wildman–Crippen MR) is 125 cm³/mol. The van der Waals surface area contributed by atoms with Gasteiger partial charge in [0.1, 0.15) is 6.61 Å². The van der Waals surface area contributed by atoms with Crippen molar-refractivity contribution in [2.75, 3.05) is 32.9 Å². The minimum Gasteiger partial charge on any atom is -0.481 e. The van der Waals surface area contributed by atoms with Gasteiger partial charge in [0, 0.05) is 38.6 Å². The van der Waals surface area contributed by atoms with E-state index < -0.39 is 17.5 Å². The van der Waals surface area contributed by atoms with Crippen LogP contribution in [-0.4, -0.2) is 56.0 Å². The van der Waals surface area contributed by atoms with Gasteiger partial charge in [-0.15, -0.1) is 0 Å². The zero-order valence-corrected chi connectivity index (χ0v) is 19.0. The largest absolute Gasteiger partial charge is 0.481 e. The molecule has 34 heavy (non-hydrogen) atoms. The summed E-state index contributed by atoms with van der Waals surface area (Å²) in [5.41, 5.74) is 3.80. The average Bonchev–Trinajstić information content (AvgIpc) is 3.18. The molecule has 1 aliphatic carbocycles. The molecule has 8 heteroatoms. The molecular weight excluding hydrogens is 436 g/mol. The second-order valence-corrected chi connectivity index (χ2v) is 8.82. The van der Waals surface area contributed by atoms with Crippen LogP contribution in [0.5, 0.6) is 0 Å². The maximum absolute atomic E-state index is 12.9. The van der Waals surface area contributed by atoms with Gasteiger partial charge in [-0.2, -0.15) is 0 Å². The second kappa shape index (κ2) is 10.7. The van der Waals surface area contributed by atoms with Crippen LogP contribution in [0.2, 0.25) is 0 Å². The smallest absolute Gasteiger partial charge is 0.407 e. The minimum atomic E-state index is -0.896. The number of hydrogen-bond donors (Lipinski definition) is 3. The summed E-state index contributed by atoms with van der Waals surface area (Å²) < 4.78 is 11.0. The van der Waals surface area contributed by atoms with E-state index >= 15 is 0 Å². The Labute approximate surface area is 198 Å². The molecule has 0 spiro atoms. The summed E-state index contributed by atoms with van der Waals surface area (Å²) in [6, 6.07) is 16.3. The number of rotatable bonds is 9. The zero-order valence-electron chi connectivity index (χ0n) is 19.0. The van der Waals surface area contributed by atoms with Gasteiger partial charge in [-0.25, -0.2) is 4.79 Å². The van der Waals surface area contributed by atoms with Gasteiger partial charge in [0.05, 0.1) is 5.41 Å². The van der Waals surface area contributed by atoms with Gasteiger partial charge in [-0.1, -0.05) is 48.5 Å². The molecule has 2 amide bonds. The number of ether oxygens (including phenoxy) is 2. The van der Waals surface area contributed by atoms with Gasteiger partial charge in [0.2, 0.25) is 5.91 Å². The second-order valence-electron chi connectivity index (χ2n) is 8.82. The van der Waals surface area contributed by atoms with Crippen molar-refractivity contribution in [1.82, 2.24) is 10.6 Å². The molecule has 0 bridgehead atoms. The van der Waals surface area contributed by atoms with Crippen LogP contribution in [0.25, 0.3) is 11.1 Å². The molecule has 0 aromatic heterocycles. The molecule has 8 nitrogen and oxygen atoms in total. The molecule has 2 aromatic rings. The first kappa shape index (κ1) is 23.8. The fourth-order valence-electron chi connectivity index (χ4n) is 4.77. The summed E-state index contributed by atoms with van der Waals surface area (Å²) in [4.78, 5) is 36.2. The molecule has 180 valence electrons. The highest BCUT2D eigenvalue weighted by Gasteiger charge is 2.40. The summed E-state index contributed by atoms with van der Waals surface area (Å²) in [6.07, 6.45) is 0.733. The highest BCUT2D eigenvalue weighted by atomic mass is 16.5. The lowest BCUT2D eigenvalue weighted by molar-refractivity contribution is -0.138. The van der Waals surface area contributed by atoms with E-state index in [2.05, 4.69) is 34.9 Å². The molecule has 0 radical (unpaired) electrons. The summed E-state index contributed by atoms with van der Waals surface area (Å²) in [5.74, 6) is -1.13. The van der Waals surface area contributed by atoms with Crippen molar-refractivity contribution in [2.45, 2.75) is 31.6 Å². The third-order valence-corrected chi connectivity index (χ3v) is 6.70. The van der Waals surface area contributed by atoms with Gasteiger partial charge in [-0.3, -0.25) is 9.59 Å². The number of carboxylic acid groups (broad SMARTS) is 1. The number of alkyl carbamates (subject to hydrolysis) is 1. The first-order chi connectivity index (χ1) is 16.5. The number of amides is 2. The molecule has 1 fully saturated rings. The van der Waals surface area contributed by atoms with Crippen molar-refractivity contribution in [3.63, 3.8) is 0 Å². The Morgan fingerprint density at radius 2 is 1.59 bits per heavy atom. The van der Waals surface area contributed by atoms with Crippen molar-refractivity contribution in [3.05, 3.63) is 59.7 Å². The van der Waals surface area contributed by atoms with Crippen LogP contribution < -0.4 is 10.6 Å². The fraction of sp³-hybridized carbons (Fsp3) is 0.423. The quantitative estimate of drug-likeness (QED) is 0.489. The van der Waals surface area contributed by atoms with Crippen LogP contribution in [0.4, 0.5) is 4.79 Å². The zero-order chi connectivity index (χ0) is 24.0. The van der Waals surface area contributed by atoms with Crippen LogP contribution in [-0.2, 0) is 19.1 Å². The Bertz CT molecular complexity index is 1000. The van der Waals surface area contributed by atoms with Crippen LogP contribution in [0, 0.1) is 5.41 Å². The van der Waals surface area contributed by atoms with Crippen LogP contribution in [0.15, 0.2) is 48.5 Å². The third-order valence-electron chi connectivity index (χ3n) is 6.70. The van der Waals surface area contributed by atoms with Crippen molar-refractivity contribution in [1.29, 1.82) is 0 Å². The van der Waals surface area contributed by atoms with Crippen molar-refractivity contribution >= 4 is 18.0 Å². The lowest BCUT2D eigenvalue weighted by Crippen LogP contribution is -2.51. The number of nitrogens with one attached hydrogen (secondary N) is 2. The molecule has 0 saturated carbocycles. The summed E-state index contributed by atoms with van der Waals surface area (Å²) in [5, 5.41) is 14.4. The Hall–Kier alpha value is -3.39. The molecular formula is C26H30N2O6. The number of benzene rings is 2. The van der Waals surface area contributed by atoms with E-state index in [1.807, 2.05) is 24.3 Å². The molecule has 1 saturated heterocycles. The summed E-state index contributed by atoms with van der Waals surface area (Å²) in [7, 11) is 0. The Morgan fingerprint density at radius 3 is 2.21 bits per heavy atom. The van der Waals surface area contributed by atoms with Gasteiger partial charge in [0.15, 0.2) is 0 Å². The lowest BCUT2D eigenvalue weighted by atomic mass is 9.79. The predicted octanol–water partition coefficient (Wildman–Crippen LogP) is 3.30. The van der Waals surface area contributed by atoms with Crippen LogP contribution >= 0.6 is 0 Å². The molecule has 2 aliphatic rings. The van der Waals surface area contributed by atoms with Gasteiger partial charge in [0.25, 0.3) is 0 Å². The Balaban J connectivity index is 1.34. The summed E-state index contributed by atoms with van der Waals surface area (Å²) >= 11 is 0. The number of fused-ring (bicyclic) bond motifs is 3. The molecule has 2 aromatic carbocycles. The molecule has 0 atom stereocenters. The molecule has 0 unspecified atom stereocenters. The Kier molecular flexibility index (Phi) is 7.47. The van der Waals surface area contributed by atoms with Gasteiger partial charge >= 0.3 is 12.1 Å². The SMILES string of the molecule is O=C(O)CCCNC(=O)C1(CNC(=O)OCC2c3ccccc3-c3ccccc32)CCOCC1. The minimum absolute atomic E-state index is 0.00556. The maximum Gasteiger partial charge on any atom is 0.407 e. The number of carbonyl (C=O) groups excluding carboxylic acids is 2. The van der Waals surface area contributed by atoms with E-state index in [4.69, 9.17) is 14.6 Å². The molecule has 4 rings (SSSR count). The Morgan fingerprint density at radius 1 is 0.971 bits per heavy atom. The number of carboxylic acids is 1. The normalized spacial score (nSPS) is 16.2. The fourth-order valence-corrected chi connectivity index (χ4v) is 4.77. The topological polar surface area (TPSA) is 114 Å². The molecule has 1 aliphatic heterocycles. The third kappa shape index (κ3) is 5.22. The number of carbonyl (C=O) groups is 3. The van der Waals surface area contributed by atoms with E-state index in [-0.39, 0.29) is 37.9 Å². The van der Waals surface area contributed by atoms with Crippen molar-refractivity contribution < 1.29 is 29.0 Å². The lowest BCUT2D eigenvalue weighted by Gasteiger charge is -2.35. The molecule has 3 N–H and O–H groups in total. The van der Waals surface area contributed by atoms with E-state index in [0.29, 0.717) is 32.5 Å². The van der Waals surface area contributed by atoms with Crippen molar-refractivity contribution in [3.8, 4) is 11.1 Å². The van der Waals surface area contributed by atoms with Gasteiger partial charge in [-0.05, 0) is 41.5 Å². The van der Waals surface area contributed by atoms with E-state index in [1.54, 1.807) is 0 Å². The van der Waals surface area contributed by atoms with E-state index in [0.717, 1.165) is 22.3 Å². The van der Waals surface area contributed by atoms with Crippen molar-refractivity contribution in [2.24, 2.45) is 5.41 Å².